The van der Waals surface area contributed by atoms with E-state index in [-0.39, 0.29) is 21.9 Å². The molecule has 0 fully saturated rings. The van der Waals surface area contributed by atoms with Crippen molar-refractivity contribution in [2.45, 2.75) is 0 Å². The molecule has 0 bridgehead atoms. The van der Waals surface area contributed by atoms with Gasteiger partial charge in [-0.2, -0.15) is 0 Å². The summed E-state index contributed by atoms with van der Waals surface area (Å²) in [4.78, 5) is 2.44. The van der Waals surface area contributed by atoms with E-state index in [1.165, 1.54) is 59.2 Å². The molecule has 2 aliphatic rings. The minimum atomic E-state index is 0.123. The summed E-state index contributed by atoms with van der Waals surface area (Å²) in [5.41, 5.74) is 7.56. The van der Waals surface area contributed by atoms with Gasteiger partial charge in [0.2, 0.25) is 0 Å². The fourth-order valence-electron chi connectivity index (χ4n) is 6.40. The molecule has 2 aliphatic heterocycles. The van der Waals surface area contributed by atoms with Gasteiger partial charge in [-0.15, -0.1) is 0 Å². The second kappa shape index (κ2) is 7.58. The molecule has 0 N–H and O–H groups in total. The third-order valence-electron chi connectivity index (χ3n) is 7.92. The van der Waals surface area contributed by atoms with E-state index in [4.69, 9.17) is 0 Å². The molecule has 0 aliphatic carbocycles. The molecular weight excluding hydrogens is 530 g/mol. The first kappa shape index (κ1) is 20.7. The van der Waals surface area contributed by atoms with Gasteiger partial charge in [-0.05, 0) is 0 Å². The molecule has 178 valence electrons. The molecule has 0 atom stereocenters. The van der Waals surface area contributed by atoms with Crippen LogP contribution in [0, 0.1) is 0 Å². The monoisotopic (exact) mass is 552 g/mol. The predicted octanol–water partition coefficient (Wildman–Crippen LogP) is 4.93. The van der Waals surface area contributed by atoms with Gasteiger partial charge in [0, 0.05) is 0 Å². The zero-order chi connectivity index (χ0) is 24.8. The zero-order valence-electron chi connectivity index (χ0n) is 20.4. The Hall–Kier alpha value is -4.38. The molecular formula is C32H21BN4Se. The van der Waals surface area contributed by atoms with Gasteiger partial charge >= 0.3 is 227 Å². The number of benzene rings is 4. The summed E-state index contributed by atoms with van der Waals surface area (Å²) in [5.74, 6) is 1.19. The number of para-hydroxylation sites is 3. The number of rotatable bonds is 2. The Morgan fingerprint density at radius 3 is 2.05 bits per heavy atom. The van der Waals surface area contributed by atoms with Crippen LogP contribution in [-0.2, 0) is 0 Å². The van der Waals surface area contributed by atoms with Crippen molar-refractivity contribution in [1.29, 1.82) is 0 Å². The van der Waals surface area contributed by atoms with Gasteiger partial charge in [-0.1, -0.05) is 0 Å². The molecule has 7 aromatic rings. The molecule has 0 spiro atoms. The van der Waals surface area contributed by atoms with E-state index in [0.717, 1.165) is 0 Å². The maximum atomic E-state index is 2.47. The van der Waals surface area contributed by atoms with E-state index in [1.807, 2.05) is 0 Å². The van der Waals surface area contributed by atoms with Gasteiger partial charge in [0.25, 0.3) is 0 Å². The predicted molar refractivity (Wildman–Crippen MR) is 159 cm³/mol. The summed E-state index contributed by atoms with van der Waals surface area (Å²) in [6.07, 6.45) is 4.48. The van der Waals surface area contributed by atoms with Crippen molar-refractivity contribution < 1.29 is 0 Å². The van der Waals surface area contributed by atoms with Crippen LogP contribution in [-0.4, -0.2) is 35.5 Å². The molecule has 4 nitrogen and oxygen atoms in total. The second-order valence-corrected chi connectivity index (χ2v) is 12.1. The number of hydrogen-bond acceptors (Lipinski definition) is 1. The van der Waals surface area contributed by atoms with Gasteiger partial charge in [-0.3, -0.25) is 0 Å². The molecule has 6 heteroatoms. The van der Waals surface area contributed by atoms with Crippen molar-refractivity contribution in [3.05, 3.63) is 128 Å². The SMILES string of the molecule is c1ccc(N2c3cc(-n4c5ccccc5c5ccccc54)cc4c3B(n3cccc3[Se]4)n3cccc32)cc1. The Labute approximate surface area is 226 Å². The summed E-state index contributed by atoms with van der Waals surface area (Å²) >= 11 is 0.200. The molecule has 0 saturated heterocycles. The molecule has 4 aromatic carbocycles. The van der Waals surface area contributed by atoms with E-state index in [9.17, 15) is 0 Å². The molecule has 0 radical (unpaired) electrons. The van der Waals surface area contributed by atoms with Crippen LogP contribution >= 0.6 is 0 Å². The van der Waals surface area contributed by atoms with Gasteiger partial charge in [-0.25, -0.2) is 0 Å². The van der Waals surface area contributed by atoms with Gasteiger partial charge in [0.1, 0.15) is 0 Å². The Balaban J connectivity index is 1.40. The zero-order valence-corrected chi connectivity index (χ0v) is 22.1. The first-order chi connectivity index (χ1) is 18.9. The number of nitrogens with zero attached hydrogens (tertiary/aromatic N) is 4. The molecule has 0 unspecified atom stereocenters. The summed E-state index contributed by atoms with van der Waals surface area (Å²) in [7, 11) is 0. The Kier molecular flexibility index (Phi) is 4.12. The minimum absolute atomic E-state index is 0.123. The van der Waals surface area contributed by atoms with Crippen molar-refractivity contribution in [2.24, 2.45) is 0 Å². The molecule has 3 aromatic heterocycles. The number of aromatic nitrogens is 3. The van der Waals surface area contributed by atoms with Crippen LogP contribution in [0.3, 0.4) is 0 Å². The van der Waals surface area contributed by atoms with E-state index in [2.05, 4.69) is 146 Å². The maximum absolute atomic E-state index is 2.47. The normalized spacial score (nSPS) is 13.6. The van der Waals surface area contributed by atoms with Crippen LogP contribution in [0.5, 0.6) is 0 Å². The van der Waals surface area contributed by atoms with E-state index >= 15 is 0 Å². The van der Waals surface area contributed by atoms with Crippen LogP contribution in [0.1, 0.15) is 0 Å². The topological polar surface area (TPSA) is 18.0 Å². The van der Waals surface area contributed by atoms with Crippen LogP contribution < -0.4 is 19.4 Å². The fraction of sp³-hybridized carbons (Fsp3) is 0. The number of anilines is 3. The summed E-state index contributed by atoms with van der Waals surface area (Å²) in [6, 6.07) is 42.1. The first-order valence-corrected chi connectivity index (χ1v) is 14.6. The molecule has 0 saturated carbocycles. The average Bonchev–Trinajstić information content (AvgIpc) is 3.70. The second-order valence-electron chi connectivity index (χ2n) is 9.92. The van der Waals surface area contributed by atoms with Crippen LogP contribution in [0.15, 0.2) is 128 Å². The third-order valence-corrected chi connectivity index (χ3v) is 10.3. The van der Waals surface area contributed by atoms with Gasteiger partial charge < -0.3 is 0 Å². The van der Waals surface area contributed by atoms with Gasteiger partial charge in [0.05, 0.1) is 0 Å². The molecule has 38 heavy (non-hydrogen) atoms. The molecule has 5 heterocycles. The third kappa shape index (κ3) is 2.66. The van der Waals surface area contributed by atoms with Crippen molar-refractivity contribution in [3.8, 4) is 5.69 Å². The fourth-order valence-corrected chi connectivity index (χ4v) is 8.79. The average molecular weight is 551 g/mol. The number of hydrogen-bond donors (Lipinski definition) is 0. The van der Waals surface area contributed by atoms with Gasteiger partial charge in [0.15, 0.2) is 0 Å². The summed E-state index contributed by atoms with van der Waals surface area (Å²) in [6.45, 7) is 0.123. The molecule has 9 rings (SSSR count). The van der Waals surface area contributed by atoms with Crippen molar-refractivity contribution in [1.82, 2.24) is 13.5 Å². The van der Waals surface area contributed by atoms with Crippen molar-refractivity contribution >= 4 is 75.5 Å². The van der Waals surface area contributed by atoms with E-state index in [1.54, 1.807) is 0 Å². The van der Waals surface area contributed by atoms with Crippen molar-refractivity contribution in [3.63, 3.8) is 0 Å². The van der Waals surface area contributed by atoms with Crippen LogP contribution in [0.2, 0.25) is 0 Å². The van der Waals surface area contributed by atoms with E-state index < -0.39 is 0 Å². The standard InChI is InChI=1S/C32H21BN4Se/c1-2-10-22(11-3-1)37-28-20-23(36-26-14-6-4-12-24(26)25-13-5-7-15-27(25)36)21-29-32(28)33(34-18-8-16-30(34)37)35-19-9-17-31(35)38-29/h1-21H. The summed E-state index contributed by atoms with van der Waals surface area (Å²) < 4.78 is 10.2. The van der Waals surface area contributed by atoms with Crippen LogP contribution in [0.4, 0.5) is 17.2 Å². The Bertz CT molecular complexity index is 1980. The molecule has 0 amide bonds. The van der Waals surface area contributed by atoms with Crippen LogP contribution in [0.25, 0.3) is 27.5 Å². The van der Waals surface area contributed by atoms with Crippen molar-refractivity contribution in [2.75, 3.05) is 4.90 Å². The number of fused-ring (bicyclic) bond motifs is 7. The Morgan fingerprint density at radius 1 is 0.579 bits per heavy atom. The van der Waals surface area contributed by atoms with E-state index in [0.29, 0.717) is 0 Å². The first-order valence-electron chi connectivity index (χ1n) is 12.9. The quantitative estimate of drug-likeness (QED) is 0.279. The summed E-state index contributed by atoms with van der Waals surface area (Å²) in [5, 5.41) is 2.58. The Morgan fingerprint density at radius 2 is 1.26 bits per heavy atom.